The molecule has 33 heavy (non-hydrogen) atoms. The highest BCUT2D eigenvalue weighted by molar-refractivity contribution is 6.00. The molecule has 0 aliphatic carbocycles. The second-order valence-corrected chi connectivity index (χ2v) is 8.67. The number of rotatable bonds is 5. The lowest BCUT2D eigenvalue weighted by atomic mass is 9.94. The number of amides is 1. The number of oxime groups is 1. The van der Waals surface area contributed by atoms with Crippen molar-refractivity contribution in [3.05, 3.63) is 58.2 Å². The molecule has 1 heterocycles. The topological polar surface area (TPSA) is 68.2 Å². The van der Waals surface area contributed by atoms with Gasteiger partial charge in [-0.1, -0.05) is 40.6 Å². The summed E-state index contributed by atoms with van der Waals surface area (Å²) in [7, 11) is 0. The predicted octanol–water partition coefficient (Wildman–Crippen LogP) is 5.32. The molecule has 6 heteroatoms. The zero-order chi connectivity index (χ0) is 24.4. The lowest BCUT2D eigenvalue weighted by molar-refractivity contribution is -0.135. The molecule has 1 atom stereocenters. The Hall–Kier alpha value is -2.89. The molecule has 0 radical (unpaired) electrons. The minimum atomic E-state index is -0.321. The van der Waals surface area contributed by atoms with Gasteiger partial charge in [-0.25, -0.2) is 4.79 Å². The fourth-order valence-corrected chi connectivity index (χ4v) is 3.99. The van der Waals surface area contributed by atoms with Crippen LogP contribution in [-0.2, 0) is 20.8 Å². The monoisotopic (exact) mass is 454 g/mol. The molecule has 0 bridgehead atoms. The van der Waals surface area contributed by atoms with E-state index in [0.717, 1.165) is 35.1 Å². The number of ether oxygens (including phenoxy) is 1. The Labute approximate surface area is 198 Å². The van der Waals surface area contributed by atoms with Gasteiger partial charge in [0.05, 0.1) is 11.3 Å². The van der Waals surface area contributed by atoms with Crippen molar-refractivity contribution >= 4 is 17.6 Å². The van der Waals surface area contributed by atoms with Crippen molar-refractivity contribution in [1.82, 2.24) is 4.90 Å². The van der Waals surface area contributed by atoms with Gasteiger partial charge in [0, 0.05) is 25.9 Å². The van der Waals surface area contributed by atoms with Gasteiger partial charge in [-0.3, -0.25) is 4.79 Å². The minimum Gasteiger partial charge on any atom is -0.459 e. The zero-order valence-electron chi connectivity index (χ0n) is 20.9. The number of benzene rings is 1. The zero-order valence-corrected chi connectivity index (χ0v) is 20.9. The Kier molecular flexibility index (Phi) is 10.4. The molecule has 0 saturated heterocycles. The van der Waals surface area contributed by atoms with E-state index in [0.29, 0.717) is 37.2 Å². The average Bonchev–Trinajstić information content (AvgIpc) is 2.73. The molecular weight excluding hydrogens is 416 g/mol. The van der Waals surface area contributed by atoms with Gasteiger partial charge >= 0.3 is 5.97 Å². The van der Waals surface area contributed by atoms with Gasteiger partial charge < -0.3 is 14.5 Å². The van der Waals surface area contributed by atoms with E-state index in [2.05, 4.69) is 24.2 Å². The van der Waals surface area contributed by atoms with Crippen LogP contribution < -0.4 is 0 Å². The number of hydrogen-bond donors (Lipinski definition) is 0. The number of aryl methyl sites for hydroxylation is 2. The number of nitrogens with zero attached hydrogens (tertiary/aromatic N) is 2. The number of esters is 1. The van der Waals surface area contributed by atoms with Gasteiger partial charge in [-0.05, 0) is 71.6 Å². The lowest BCUT2D eigenvalue weighted by Crippen LogP contribution is -2.33. The molecule has 0 aromatic heterocycles. The Morgan fingerprint density at radius 1 is 1.18 bits per heavy atom. The predicted molar refractivity (Wildman–Crippen MR) is 133 cm³/mol. The molecule has 0 spiro atoms. The number of likely N-dealkylation sites (N-methyl/N-ethyl adjacent to an activating group) is 1. The number of carbonyl (C=O) groups excluding carboxylic acids is 2. The van der Waals surface area contributed by atoms with E-state index in [-0.39, 0.29) is 24.6 Å². The molecule has 1 amide bonds. The SMILES string of the molecule is CCN(CC)C(=O)CO/N=C1\C=C(/C)CC/C=C/C[C@@H](C)OC(=O)c2c(C)cc(C)cc2C1. The van der Waals surface area contributed by atoms with Gasteiger partial charge in [0.25, 0.3) is 5.91 Å². The minimum absolute atomic E-state index is 0.0965. The maximum absolute atomic E-state index is 13.1. The Bertz CT molecular complexity index is 926. The summed E-state index contributed by atoms with van der Waals surface area (Å²) in [6, 6.07) is 3.99. The molecule has 0 saturated carbocycles. The van der Waals surface area contributed by atoms with Crippen LogP contribution in [0.3, 0.4) is 0 Å². The third kappa shape index (κ3) is 8.19. The average molecular weight is 455 g/mol. The van der Waals surface area contributed by atoms with Crippen LogP contribution in [0.5, 0.6) is 0 Å². The third-order valence-corrected chi connectivity index (χ3v) is 5.68. The molecule has 1 aliphatic heterocycles. The van der Waals surface area contributed by atoms with E-state index < -0.39 is 0 Å². The van der Waals surface area contributed by atoms with Crippen molar-refractivity contribution in [2.75, 3.05) is 19.7 Å². The van der Waals surface area contributed by atoms with Crippen LogP contribution in [0.4, 0.5) is 0 Å². The summed E-state index contributed by atoms with van der Waals surface area (Å²) in [5.41, 5.74) is 5.20. The molecule has 1 aromatic carbocycles. The van der Waals surface area contributed by atoms with E-state index in [1.165, 1.54) is 0 Å². The van der Waals surface area contributed by atoms with Crippen molar-refractivity contribution < 1.29 is 19.2 Å². The molecule has 180 valence electrons. The van der Waals surface area contributed by atoms with Crippen LogP contribution in [0.15, 0.2) is 41.1 Å². The Morgan fingerprint density at radius 2 is 1.91 bits per heavy atom. The summed E-state index contributed by atoms with van der Waals surface area (Å²) in [5.74, 6) is -0.418. The quantitative estimate of drug-likeness (QED) is 0.343. The van der Waals surface area contributed by atoms with Crippen LogP contribution in [-0.4, -0.2) is 48.3 Å². The summed E-state index contributed by atoms with van der Waals surface area (Å²) in [6.07, 6.45) is 8.86. The normalized spacial score (nSPS) is 21.3. The highest BCUT2D eigenvalue weighted by Crippen LogP contribution is 2.22. The molecule has 1 aromatic rings. The maximum atomic E-state index is 13.1. The van der Waals surface area contributed by atoms with Gasteiger partial charge in [-0.2, -0.15) is 0 Å². The molecular formula is C27H38N2O4. The van der Waals surface area contributed by atoms with E-state index in [1.807, 2.05) is 52.8 Å². The fraction of sp³-hybridized carbons (Fsp3) is 0.519. The first-order valence-electron chi connectivity index (χ1n) is 11.8. The summed E-state index contributed by atoms with van der Waals surface area (Å²) < 4.78 is 5.74. The highest BCUT2D eigenvalue weighted by Gasteiger charge is 2.20. The first kappa shape index (κ1) is 26.4. The lowest BCUT2D eigenvalue weighted by Gasteiger charge is -2.18. The first-order valence-corrected chi connectivity index (χ1v) is 11.8. The second-order valence-electron chi connectivity index (χ2n) is 8.67. The van der Waals surface area contributed by atoms with Crippen molar-refractivity contribution in [3.63, 3.8) is 0 Å². The van der Waals surface area contributed by atoms with Crippen LogP contribution in [0.1, 0.15) is 74.0 Å². The molecule has 1 aliphatic rings. The van der Waals surface area contributed by atoms with Crippen LogP contribution in [0, 0.1) is 13.8 Å². The van der Waals surface area contributed by atoms with Crippen LogP contribution in [0.25, 0.3) is 0 Å². The third-order valence-electron chi connectivity index (χ3n) is 5.68. The van der Waals surface area contributed by atoms with Crippen molar-refractivity contribution in [1.29, 1.82) is 0 Å². The number of carbonyl (C=O) groups is 2. The van der Waals surface area contributed by atoms with E-state index in [1.54, 1.807) is 4.90 Å². The smallest absolute Gasteiger partial charge is 0.338 e. The number of cyclic esters (lactones) is 1. The molecule has 0 fully saturated rings. The van der Waals surface area contributed by atoms with Gasteiger partial charge in [0.2, 0.25) is 0 Å². The molecule has 2 rings (SSSR count). The van der Waals surface area contributed by atoms with E-state index >= 15 is 0 Å². The van der Waals surface area contributed by atoms with Crippen molar-refractivity contribution in [3.8, 4) is 0 Å². The summed E-state index contributed by atoms with van der Waals surface area (Å²) in [4.78, 5) is 32.5. The first-order chi connectivity index (χ1) is 15.7. The fourth-order valence-electron chi connectivity index (χ4n) is 3.99. The largest absolute Gasteiger partial charge is 0.459 e. The Balaban J connectivity index is 2.41. The van der Waals surface area contributed by atoms with Crippen LogP contribution >= 0.6 is 0 Å². The maximum Gasteiger partial charge on any atom is 0.338 e. The van der Waals surface area contributed by atoms with Crippen LogP contribution in [0.2, 0.25) is 0 Å². The highest BCUT2D eigenvalue weighted by atomic mass is 16.6. The summed E-state index contributed by atoms with van der Waals surface area (Å²) in [5, 5.41) is 4.32. The van der Waals surface area contributed by atoms with Crippen molar-refractivity contribution in [2.24, 2.45) is 5.16 Å². The summed E-state index contributed by atoms with van der Waals surface area (Å²) in [6.45, 7) is 12.9. The number of hydrogen-bond acceptors (Lipinski definition) is 5. The number of fused-ring (bicyclic) bond motifs is 1. The second kappa shape index (κ2) is 13.0. The molecule has 0 N–H and O–H groups in total. The van der Waals surface area contributed by atoms with E-state index in [4.69, 9.17) is 9.57 Å². The van der Waals surface area contributed by atoms with Gasteiger partial charge in [-0.15, -0.1) is 0 Å². The van der Waals surface area contributed by atoms with Gasteiger partial charge in [0.15, 0.2) is 6.61 Å². The Morgan fingerprint density at radius 3 is 2.61 bits per heavy atom. The van der Waals surface area contributed by atoms with Gasteiger partial charge in [0.1, 0.15) is 6.10 Å². The molecule has 6 nitrogen and oxygen atoms in total. The van der Waals surface area contributed by atoms with E-state index in [9.17, 15) is 9.59 Å². The number of allylic oxidation sites excluding steroid dienone is 3. The molecule has 0 unspecified atom stereocenters. The van der Waals surface area contributed by atoms with Crippen molar-refractivity contribution in [2.45, 2.75) is 73.3 Å². The summed E-state index contributed by atoms with van der Waals surface area (Å²) >= 11 is 0. The standard InChI is InChI=1S/C27H38N2O4/c1-7-29(8-2)25(30)18-32-28-24-16-19(3)12-10-9-11-13-22(6)33-27(31)26-21(5)14-20(4)15-23(26)17-24/h9,11,14-16,22H,7-8,10,12-13,17-18H2,1-6H3/b11-9+,19-16+,28-24+/t22-/m1/s1.